The molecule has 0 aliphatic carbocycles. The van der Waals surface area contributed by atoms with Gasteiger partial charge in [-0.25, -0.2) is 4.79 Å². The summed E-state index contributed by atoms with van der Waals surface area (Å²) in [5.74, 6) is 0. The van der Waals surface area contributed by atoms with E-state index < -0.39 is 0 Å². The minimum absolute atomic E-state index is 0.311. The van der Waals surface area contributed by atoms with Crippen molar-refractivity contribution in [1.29, 1.82) is 0 Å². The Hall–Kier alpha value is -4.17. The molecule has 5 aromatic carbocycles. The Bertz CT molecular complexity index is 1630. The molecule has 0 aliphatic heterocycles. The molecule has 0 amide bonds. The fraction of sp³-hybridized carbons (Fsp3) is 0. The number of hydrogen-bond donors (Lipinski definition) is 0. The molecule has 31 heavy (non-hydrogen) atoms. The third-order valence-corrected chi connectivity index (χ3v) is 5.91. The molecule has 0 atom stereocenters. The molecule has 0 aliphatic rings. The van der Waals surface area contributed by atoms with E-state index in [-0.39, 0.29) is 5.63 Å². The van der Waals surface area contributed by atoms with Gasteiger partial charge in [-0.15, -0.1) is 0 Å². The molecule has 2 heteroatoms. The minimum atomic E-state index is -0.311. The molecule has 0 radical (unpaired) electrons. The molecule has 6 aromatic rings. The number of rotatable bonds is 2. The smallest absolute Gasteiger partial charge is 0.344 e. The molecular weight excluding hydrogens is 380 g/mol. The van der Waals surface area contributed by atoms with Crippen molar-refractivity contribution >= 4 is 32.5 Å². The Morgan fingerprint density at radius 1 is 0.452 bits per heavy atom. The lowest BCUT2D eigenvalue weighted by molar-refractivity contribution is 0.571. The first-order chi connectivity index (χ1) is 15.3. The fourth-order valence-corrected chi connectivity index (χ4v) is 4.60. The van der Waals surface area contributed by atoms with Crippen LogP contribution in [0.5, 0.6) is 0 Å². The largest absolute Gasteiger partial charge is 0.422 e. The molecule has 146 valence electrons. The predicted octanol–water partition coefficient (Wildman–Crippen LogP) is 7.43. The average molecular weight is 398 g/mol. The minimum Gasteiger partial charge on any atom is -0.422 e. The first-order valence-electron chi connectivity index (χ1n) is 10.3. The molecule has 0 spiro atoms. The van der Waals surface area contributed by atoms with E-state index in [2.05, 4.69) is 42.5 Å². The van der Waals surface area contributed by atoms with E-state index in [1.807, 2.05) is 66.7 Å². The van der Waals surface area contributed by atoms with Gasteiger partial charge in [0.25, 0.3) is 0 Å². The standard InChI is InChI=1S/C29H18O2/c30-29-24-18-10-9-17-23(24)27-25(19-11-3-1-4-12-19)21-15-7-8-16-22(21)26(28(27)31-29)20-13-5-2-6-14-20/h1-18H. The molecule has 6 rings (SSSR count). The van der Waals surface area contributed by atoms with Gasteiger partial charge in [0.2, 0.25) is 0 Å². The van der Waals surface area contributed by atoms with Gasteiger partial charge in [0.15, 0.2) is 0 Å². The monoisotopic (exact) mass is 398 g/mol. The van der Waals surface area contributed by atoms with Crippen LogP contribution >= 0.6 is 0 Å². The van der Waals surface area contributed by atoms with Gasteiger partial charge in [-0.3, -0.25) is 0 Å². The molecule has 0 saturated carbocycles. The molecule has 0 N–H and O–H groups in total. The van der Waals surface area contributed by atoms with Crippen molar-refractivity contribution in [1.82, 2.24) is 0 Å². The van der Waals surface area contributed by atoms with E-state index in [9.17, 15) is 4.79 Å². The normalized spacial score (nSPS) is 11.4. The maximum atomic E-state index is 13.0. The topological polar surface area (TPSA) is 30.2 Å². The first-order valence-corrected chi connectivity index (χ1v) is 10.3. The zero-order valence-corrected chi connectivity index (χ0v) is 16.7. The zero-order chi connectivity index (χ0) is 20.8. The van der Waals surface area contributed by atoms with Gasteiger partial charge in [0.05, 0.1) is 5.39 Å². The summed E-state index contributed by atoms with van der Waals surface area (Å²) < 4.78 is 6.08. The summed E-state index contributed by atoms with van der Waals surface area (Å²) in [6, 6.07) is 36.6. The highest BCUT2D eigenvalue weighted by atomic mass is 16.4. The van der Waals surface area contributed by atoms with Gasteiger partial charge in [-0.1, -0.05) is 103 Å². The maximum absolute atomic E-state index is 13.0. The van der Waals surface area contributed by atoms with Gasteiger partial charge in [-0.2, -0.15) is 0 Å². The molecule has 0 bridgehead atoms. The molecule has 1 aromatic heterocycles. The molecule has 0 saturated heterocycles. The van der Waals surface area contributed by atoms with E-state index in [0.717, 1.165) is 43.8 Å². The highest BCUT2D eigenvalue weighted by molar-refractivity contribution is 6.25. The summed E-state index contributed by atoms with van der Waals surface area (Å²) in [6.07, 6.45) is 0. The molecule has 0 fully saturated rings. The van der Waals surface area contributed by atoms with Crippen molar-refractivity contribution < 1.29 is 4.42 Å². The lowest BCUT2D eigenvalue weighted by Gasteiger charge is -2.17. The Kier molecular flexibility index (Phi) is 3.97. The van der Waals surface area contributed by atoms with Crippen LogP contribution in [-0.4, -0.2) is 0 Å². The summed E-state index contributed by atoms with van der Waals surface area (Å²) in [5.41, 5.74) is 4.49. The van der Waals surface area contributed by atoms with Crippen molar-refractivity contribution in [2.45, 2.75) is 0 Å². The van der Waals surface area contributed by atoms with Crippen LogP contribution in [0.15, 0.2) is 118 Å². The summed E-state index contributed by atoms with van der Waals surface area (Å²) in [7, 11) is 0. The van der Waals surface area contributed by atoms with Crippen molar-refractivity contribution in [3.63, 3.8) is 0 Å². The lowest BCUT2D eigenvalue weighted by Crippen LogP contribution is -2.02. The summed E-state index contributed by atoms with van der Waals surface area (Å²) in [6.45, 7) is 0. The van der Waals surface area contributed by atoms with Crippen LogP contribution in [0.2, 0.25) is 0 Å². The third kappa shape index (κ3) is 2.69. The van der Waals surface area contributed by atoms with Crippen LogP contribution < -0.4 is 5.63 Å². The van der Waals surface area contributed by atoms with Crippen molar-refractivity contribution in [3.8, 4) is 22.3 Å². The molecule has 2 nitrogen and oxygen atoms in total. The van der Waals surface area contributed by atoms with Crippen LogP contribution in [0.4, 0.5) is 0 Å². The van der Waals surface area contributed by atoms with Crippen LogP contribution in [0, 0.1) is 0 Å². The quantitative estimate of drug-likeness (QED) is 0.172. The summed E-state index contributed by atoms with van der Waals surface area (Å²) in [4.78, 5) is 13.0. The predicted molar refractivity (Wildman–Crippen MR) is 128 cm³/mol. The highest BCUT2D eigenvalue weighted by Gasteiger charge is 2.21. The van der Waals surface area contributed by atoms with E-state index in [0.29, 0.717) is 11.0 Å². The zero-order valence-electron chi connectivity index (χ0n) is 16.7. The van der Waals surface area contributed by atoms with Gasteiger partial charge in [-0.05, 0) is 28.0 Å². The Morgan fingerprint density at radius 3 is 1.52 bits per heavy atom. The van der Waals surface area contributed by atoms with Crippen molar-refractivity contribution in [2.75, 3.05) is 0 Å². The second kappa shape index (κ2) is 6.96. The van der Waals surface area contributed by atoms with Gasteiger partial charge < -0.3 is 4.42 Å². The van der Waals surface area contributed by atoms with Crippen molar-refractivity contribution in [2.24, 2.45) is 0 Å². The van der Waals surface area contributed by atoms with Crippen LogP contribution in [0.3, 0.4) is 0 Å². The average Bonchev–Trinajstić information content (AvgIpc) is 2.84. The Labute approximate surface area is 179 Å². The molecule has 0 unspecified atom stereocenters. The highest BCUT2D eigenvalue weighted by Crippen LogP contribution is 2.45. The second-order valence-corrected chi connectivity index (χ2v) is 7.67. The number of benzene rings is 5. The van der Waals surface area contributed by atoms with E-state index >= 15 is 0 Å². The maximum Gasteiger partial charge on any atom is 0.344 e. The van der Waals surface area contributed by atoms with Gasteiger partial charge in [0, 0.05) is 21.9 Å². The SMILES string of the molecule is O=c1oc2c(-c3ccccc3)c3ccccc3c(-c3ccccc3)c2c2ccccc12. The van der Waals surface area contributed by atoms with Crippen LogP contribution in [0.1, 0.15) is 0 Å². The number of hydrogen-bond acceptors (Lipinski definition) is 2. The van der Waals surface area contributed by atoms with Crippen LogP contribution in [0.25, 0.3) is 54.8 Å². The molecular formula is C29H18O2. The van der Waals surface area contributed by atoms with Gasteiger partial charge in [0.1, 0.15) is 5.58 Å². The summed E-state index contributed by atoms with van der Waals surface area (Å²) >= 11 is 0. The molecule has 1 heterocycles. The fourth-order valence-electron chi connectivity index (χ4n) is 4.60. The second-order valence-electron chi connectivity index (χ2n) is 7.67. The van der Waals surface area contributed by atoms with Crippen molar-refractivity contribution in [3.05, 3.63) is 120 Å². The third-order valence-electron chi connectivity index (χ3n) is 5.91. The summed E-state index contributed by atoms with van der Waals surface area (Å²) in [5, 5.41) is 4.69. The Morgan fingerprint density at radius 2 is 0.903 bits per heavy atom. The van der Waals surface area contributed by atoms with E-state index in [4.69, 9.17) is 4.42 Å². The van der Waals surface area contributed by atoms with E-state index in [1.54, 1.807) is 0 Å². The van der Waals surface area contributed by atoms with Crippen LogP contribution in [-0.2, 0) is 0 Å². The Balaban J connectivity index is 1.97. The first kappa shape index (κ1) is 17.7. The number of fused-ring (bicyclic) bond motifs is 4. The van der Waals surface area contributed by atoms with E-state index in [1.165, 1.54) is 0 Å². The van der Waals surface area contributed by atoms with Gasteiger partial charge >= 0.3 is 5.63 Å². The lowest BCUT2D eigenvalue weighted by atomic mass is 9.87.